The number of rotatable bonds is 8. The maximum absolute atomic E-state index is 12.6. The Balaban J connectivity index is 1.72. The molecule has 3 aromatic rings. The van der Waals surface area contributed by atoms with Gasteiger partial charge in [-0.1, -0.05) is 30.3 Å². The average molecular weight is 446 g/mol. The highest BCUT2D eigenvalue weighted by atomic mass is 16.5. The monoisotopic (exact) mass is 445 g/mol. The minimum Gasteiger partial charge on any atom is -0.425 e. The van der Waals surface area contributed by atoms with E-state index >= 15 is 0 Å². The van der Waals surface area contributed by atoms with Crippen LogP contribution in [0.1, 0.15) is 36.3 Å². The maximum atomic E-state index is 12.6. The molecule has 4 rings (SSSR count). The molecule has 3 N–H and O–H groups in total. The van der Waals surface area contributed by atoms with E-state index < -0.39 is 18.2 Å². The van der Waals surface area contributed by atoms with Gasteiger partial charge in [0.2, 0.25) is 0 Å². The molecule has 7 heteroatoms. The second-order valence-electron chi connectivity index (χ2n) is 8.24. The number of pyridine rings is 1. The Morgan fingerprint density at radius 2 is 1.94 bits per heavy atom. The first kappa shape index (κ1) is 22.6. The molecule has 0 aliphatic heterocycles. The number of hydrogen-bond donors (Lipinski definition) is 2. The first-order valence-electron chi connectivity index (χ1n) is 11.0. The molecule has 0 amide bonds. The van der Waals surface area contributed by atoms with Crippen LogP contribution in [0.2, 0.25) is 0 Å². The number of benzene rings is 2. The minimum atomic E-state index is -1.33. The van der Waals surface area contributed by atoms with Gasteiger partial charge in [-0.05, 0) is 73.1 Å². The van der Waals surface area contributed by atoms with E-state index in [1.54, 1.807) is 18.5 Å². The predicted octanol–water partition coefficient (Wildman–Crippen LogP) is 3.48. The van der Waals surface area contributed by atoms with Crippen LogP contribution in [-0.4, -0.2) is 34.6 Å². The number of aliphatic hydroxyl groups is 1. The van der Waals surface area contributed by atoms with Crippen LogP contribution < -0.4 is 15.4 Å². The van der Waals surface area contributed by atoms with Gasteiger partial charge in [0.1, 0.15) is 12.4 Å². The summed E-state index contributed by atoms with van der Waals surface area (Å²) in [6, 6.07) is 18.8. The van der Waals surface area contributed by atoms with Crippen LogP contribution in [-0.2, 0) is 16.0 Å². The highest BCUT2D eigenvalue weighted by Crippen LogP contribution is 2.42. The number of esters is 1. The topological polar surface area (TPSA) is 106 Å². The molecule has 0 saturated heterocycles. The van der Waals surface area contributed by atoms with E-state index in [1.165, 1.54) is 0 Å². The van der Waals surface area contributed by atoms with E-state index in [1.807, 2.05) is 59.5 Å². The minimum absolute atomic E-state index is 0.0142. The molecule has 2 unspecified atom stereocenters. The van der Waals surface area contributed by atoms with E-state index in [2.05, 4.69) is 4.98 Å². The number of anilines is 2. The number of nitrogens with zero attached hydrogens (tertiary/aromatic N) is 2. The normalized spacial score (nSPS) is 16.8. The van der Waals surface area contributed by atoms with Gasteiger partial charge in [0, 0.05) is 11.9 Å². The summed E-state index contributed by atoms with van der Waals surface area (Å²) >= 11 is 0. The highest BCUT2D eigenvalue weighted by Gasteiger charge is 2.38. The smallest absolute Gasteiger partial charge is 0.337 e. The molecule has 33 heavy (non-hydrogen) atoms. The van der Waals surface area contributed by atoms with Crippen LogP contribution in [0.4, 0.5) is 11.4 Å². The van der Waals surface area contributed by atoms with Gasteiger partial charge in [0.05, 0.1) is 11.9 Å². The average Bonchev–Trinajstić information content (AvgIpc) is 2.86. The molecule has 170 valence electrons. The summed E-state index contributed by atoms with van der Waals surface area (Å²) in [4.78, 5) is 30.3. The standard InChI is InChI=1S/C26H27N3O4/c27-26(18-31,29(20-8-2-1-3-9-20)21-10-6-14-28-16-21)15-19-7-4-12-23-22(19)11-5-13-24(23)33-25(32)17-30/h1-3,5-6,8-11,13-14,16,18-19,30H,4,7,12,15,17,27H2. The molecular weight excluding hydrogens is 418 g/mol. The van der Waals surface area contributed by atoms with Gasteiger partial charge in [-0.25, -0.2) is 4.79 Å². The summed E-state index contributed by atoms with van der Waals surface area (Å²) in [6.45, 7) is -0.679. The maximum Gasteiger partial charge on any atom is 0.337 e. The third-order valence-electron chi connectivity index (χ3n) is 6.05. The lowest BCUT2D eigenvalue weighted by molar-refractivity contribution is -0.137. The number of hydrogen-bond acceptors (Lipinski definition) is 7. The first-order chi connectivity index (χ1) is 16.1. The van der Waals surface area contributed by atoms with Crippen LogP contribution in [0.15, 0.2) is 73.1 Å². The summed E-state index contributed by atoms with van der Waals surface area (Å²) in [5.74, 6) is -0.254. The molecule has 1 aromatic heterocycles. The Morgan fingerprint density at radius 1 is 1.15 bits per heavy atom. The number of aldehydes is 1. The molecule has 1 heterocycles. The van der Waals surface area contributed by atoms with Crippen molar-refractivity contribution in [1.29, 1.82) is 0 Å². The van der Waals surface area contributed by atoms with Crippen molar-refractivity contribution in [1.82, 2.24) is 4.98 Å². The van der Waals surface area contributed by atoms with Crippen molar-refractivity contribution in [3.05, 3.63) is 84.2 Å². The molecule has 0 fully saturated rings. The number of fused-ring (bicyclic) bond motifs is 1. The number of aromatic nitrogens is 1. The van der Waals surface area contributed by atoms with E-state index in [-0.39, 0.29) is 5.92 Å². The van der Waals surface area contributed by atoms with Crippen LogP contribution in [0.5, 0.6) is 5.75 Å². The molecule has 0 radical (unpaired) electrons. The Kier molecular flexibility index (Phi) is 6.82. The number of ether oxygens (including phenoxy) is 1. The van der Waals surface area contributed by atoms with Crippen molar-refractivity contribution in [2.45, 2.75) is 37.3 Å². The Hall–Kier alpha value is -3.55. The van der Waals surface area contributed by atoms with Crippen molar-refractivity contribution >= 4 is 23.6 Å². The van der Waals surface area contributed by atoms with Crippen molar-refractivity contribution < 1.29 is 19.4 Å². The fourth-order valence-electron chi connectivity index (χ4n) is 4.66. The van der Waals surface area contributed by atoms with Gasteiger partial charge >= 0.3 is 5.97 Å². The van der Waals surface area contributed by atoms with Crippen LogP contribution >= 0.6 is 0 Å². The Labute approximate surface area is 192 Å². The van der Waals surface area contributed by atoms with Gasteiger partial charge in [-0.15, -0.1) is 0 Å². The van der Waals surface area contributed by atoms with Gasteiger partial charge in [0.15, 0.2) is 11.9 Å². The van der Waals surface area contributed by atoms with Crippen molar-refractivity contribution in [2.24, 2.45) is 5.73 Å². The summed E-state index contributed by atoms with van der Waals surface area (Å²) in [5.41, 5.74) is 8.97. The van der Waals surface area contributed by atoms with Crippen LogP contribution in [0.25, 0.3) is 0 Å². The fraction of sp³-hybridized carbons (Fsp3) is 0.269. The lowest BCUT2D eigenvalue weighted by Gasteiger charge is -2.41. The zero-order valence-corrected chi connectivity index (χ0v) is 18.3. The summed E-state index contributed by atoms with van der Waals surface area (Å²) in [5, 5.41) is 9.07. The second kappa shape index (κ2) is 9.94. The Bertz CT molecular complexity index is 1070. The SMILES string of the molecule is NC(C=O)(CC1CCCc2c(OC(=O)CO)cccc21)N(c1ccccc1)c1cccnc1. The molecule has 0 saturated carbocycles. The third-order valence-corrected chi connectivity index (χ3v) is 6.05. The first-order valence-corrected chi connectivity index (χ1v) is 11.0. The zero-order chi connectivity index (χ0) is 23.3. The van der Waals surface area contributed by atoms with Gasteiger partial charge < -0.3 is 20.5 Å². The van der Waals surface area contributed by atoms with Gasteiger partial charge in [0.25, 0.3) is 0 Å². The molecule has 0 bridgehead atoms. The van der Waals surface area contributed by atoms with Gasteiger partial charge in [-0.2, -0.15) is 0 Å². The number of aliphatic hydroxyl groups excluding tert-OH is 1. The lowest BCUT2D eigenvalue weighted by atomic mass is 9.77. The number of carbonyl (C=O) groups excluding carboxylic acids is 2. The van der Waals surface area contributed by atoms with Crippen molar-refractivity contribution in [3.8, 4) is 5.75 Å². The molecule has 1 aliphatic rings. The lowest BCUT2D eigenvalue weighted by Crippen LogP contribution is -2.56. The highest BCUT2D eigenvalue weighted by molar-refractivity contribution is 5.78. The molecule has 1 aliphatic carbocycles. The van der Waals surface area contributed by atoms with E-state index in [0.717, 1.165) is 48.1 Å². The van der Waals surface area contributed by atoms with Crippen molar-refractivity contribution in [2.75, 3.05) is 11.5 Å². The molecule has 2 aromatic carbocycles. The van der Waals surface area contributed by atoms with E-state index in [0.29, 0.717) is 12.2 Å². The quantitative estimate of drug-likeness (QED) is 0.237. The molecule has 0 spiro atoms. The summed E-state index contributed by atoms with van der Waals surface area (Å²) < 4.78 is 5.34. The number of carbonyl (C=O) groups is 2. The largest absolute Gasteiger partial charge is 0.425 e. The number of para-hydroxylation sites is 1. The number of nitrogens with two attached hydrogens (primary N) is 1. The fourth-order valence-corrected chi connectivity index (χ4v) is 4.66. The second-order valence-corrected chi connectivity index (χ2v) is 8.24. The van der Waals surface area contributed by atoms with Crippen LogP contribution in [0.3, 0.4) is 0 Å². The molecule has 7 nitrogen and oxygen atoms in total. The third kappa shape index (κ3) is 4.79. The van der Waals surface area contributed by atoms with Crippen molar-refractivity contribution in [3.63, 3.8) is 0 Å². The van der Waals surface area contributed by atoms with E-state index in [9.17, 15) is 9.59 Å². The predicted molar refractivity (Wildman–Crippen MR) is 125 cm³/mol. The zero-order valence-electron chi connectivity index (χ0n) is 18.3. The summed E-state index contributed by atoms with van der Waals surface area (Å²) in [6.07, 6.45) is 7.02. The summed E-state index contributed by atoms with van der Waals surface area (Å²) in [7, 11) is 0. The van der Waals surface area contributed by atoms with Crippen LogP contribution in [0, 0.1) is 0 Å². The van der Waals surface area contributed by atoms with Gasteiger partial charge in [-0.3, -0.25) is 9.78 Å². The Morgan fingerprint density at radius 3 is 2.64 bits per heavy atom. The molecular formula is C26H27N3O4. The molecule has 2 atom stereocenters. The van der Waals surface area contributed by atoms with E-state index in [4.69, 9.17) is 15.6 Å².